The minimum Gasteiger partial charge on any atom is -0.378 e. The number of benzene rings is 2. The molecule has 0 bridgehead atoms. The Morgan fingerprint density at radius 3 is 2.42 bits per heavy atom. The van der Waals surface area contributed by atoms with E-state index >= 15 is 0 Å². The molecule has 1 saturated heterocycles. The Morgan fingerprint density at radius 2 is 1.71 bits per heavy atom. The van der Waals surface area contributed by atoms with Crippen molar-refractivity contribution < 1.29 is 14.3 Å². The van der Waals surface area contributed by atoms with Crippen molar-refractivity contribution in [2.75, 3.05) is 31.6 Å². The minimum atomic E-state index is -0.186. The first-order chi connectivity index (χ1) is 11.6. The van der Waals surface area contributed by atoms with Gasteiger partial charge in [0.2, 0.25) is 0 Å². The normalized spacial score (nSPS) is 14.3. The SMILES string of the molecule is O=C(c1ccc(Cl)cc1)c1cccc(NC(=O)N2CCOCC2)c1. The van der Waals surface area contributed by atoms with Crippen LogP contribution in [0.5, 0.6) is 0 Å². The molecule has 1 heterocycles. The van der Waals surface area contributed by atoms with Crippen molar-refractivity contribution in [1.82, 2.24) is 4.90 Å². The maximum atomic E-state index is 12.5. The average molecular weight is 345 g/mol. The zero-order chi connectivity index (χ0) is 16.9. The first-order valence-electron chi connectivity index (χ1n) is 7.67. The molecule has 0 radical (unpaired) electrons. The number of morpholine rings is 1. The van der Waals surface area contributed by atoms with Gasteiger partial charge in [-0.2, -0.15) is 0 Å². The molecule has 6 heteroatoms. The molecule has 124 valence electrons. The van der Waals surface area contributed by atoms with E-state index in [9.17, 15) is 9.59 Å². The first-order valence-corrected chi connectivity index (χ1v) is 8.05. The van der Waals surface area contributed by atoms with Crippen molar-refractivity contribution in [2.45, 2.75) is 0 Å². The molecule has 2 aromatic rings. The van der Waals surface area contributed by atoms with Gasteiger partial charge in [-0.15, -0.1) is 0 Å². The second-order valence-corrected chi connectivity index (χ2v) is 5.88. The molecule has 0 spiro atoms. The minimum absolute atomic E-state index is 0.117. The molecule has 1 N–H and O–H groups in total. The summed E-state index contributed by atoms with van der Waals surface area (Å²) in [6.07, 6.45) is 0. The molecular formula is C18H17ClN2O3. The monoisotopic (exact) mass is 344 g/mol. The maximum absolute atomic E-state index is 12.5. The predicted molar refractivity (Wildman–Crippen MR) is 92.7 cm³/mol. The number of hydrogen-bond acceptors (Lipinski definition) is 3. The lowest BCUT2D eigenvalue weighted by molar-refractivity contribution is 0.0564. The van der Waals surface area contributed by atoms with Gasteiger partial charge >= 0.3 is 6.03 Å². The van der Waals surface area contributed by atoms with Crippen LogP contribution < -0.4 is 5.32 Å². The Bertz CT molecular complexity index is 740. The third-order valence-corrected chi connectivity index (χ3v) is 4.03. The number of hydrogen-bond donors (Lipinski definition) is 1. The first kappa shape index (κ1) is 16.5. The van der Waals surface area contributed by atoms with Crippen molar-refractivity contribution in [2.24, 2.45) is 0 Å². The molecular weight excluding hydrogens is 328 g/mol. The summed E-state index contributed by atoms with van der Waals surface area (Å²) in [5.74, 6) is -0.117. The van der Waals surface area contributed by atoms with Gasteiger partial charge in [0.15, 0.2) is 5.78 Å². The van der Waals surface area contributed by atoms with Crippen LogP contribution in [0.4, 0.5) is 10.5 Å². The summed E-state index contributed by atoms with van der Waals surface area (Å²) in [6.45, 7) is 2.22. The van der Waals surface area contributed by atoms with Gasteiger partial charge in [-0.3, -0.25) is 4.79 Å². The quantitative estimate of drug-likeness (QED) is 0.868. The molecule has 0 aromatic heterocycles. The summed E-state index contributed by atoms with van der Waals surface area (Å²) in [6, 6.07) is 13.4. The highest BCUT2D eigenvalue weighted by Gasteiger charge is 2.17. The molecule has 0 saturated carbocycles. The van der Waals surface area contributed by atoms with E-state index in [2.05, 4.69) is 5.32 Å². The van der Waals surface area contributed by atoms with Crippen molar-refractivity contribution in [1.29, 1.82) is 0 Å². The van der Waals surface area contributed by atoms with Crippen LogP contribution in [0.2, 0.25) is 5.02 Å². The van der Waals surface area contributed by atoms with Crippen LogP contribution in [0.25, 0.3) is 0 Å². The third kappa shape index (κ3) is 3.93. The second kappa shape index (κ2) is 7.47. The van der Waals surface area contributed by atoms with Crippen LogP contribution in [-0.2, 0) is 4.74 Å². The molecule has 2 aromatic carbocycles. The number of amides is 2. The number of rotatable bonds is 3. The summed E-state index contributed by atoms with van der Waals surface area (Å²) in [5, 5.41) is 3.41. The Balaban J connectivity index is 1.72. The molecule has 2 amide bonds. The lowest BCUT2D eigenvalue weighted by Crippen LogP contribution is -2.43. The van der Waals surface area contributed by atoms with E-state index in [-0.39, 0.29) is 11.8 Å². The number of carbonyl (C=O) groups excluding carboxylic acids is 2. The summed E-state index contributed by atoms with van der Waals surface area (Å²) < 4.78 is 5.23. The van der Waals surface area contributed by atoms with Gasteiger partial charge in [-0.05, 0) is 36.4 Å². The zero-order valence-corrected chi connectivity index (χ0v) is 13.8. The molecule has 24 heavy (non-hydrogen) atoms. The van der Waals surface area contributed by atoms with Crippen LogP contribution in [-0.4, -0.2) is 43.0 Å². The number of anilines is 1. The van der Waals surface area contributed by atoms with Crippen LogP contribution >= 0.6 is 11.6 Å². The molecule has 1 aliphatic rings. The van der Waals surface area contributed by atoms with Crippen LogP contribution in [0, 0.1) is 0 Å². The van der Waals surface area contributed by atoms with Crippen LogP contribution in [0.3, 0.4) is 0 Å². The number of urea groups is 1. The number of nitrogens with one attached hydrogen (secondary N) is 1. The lowest BCUT2D eigenvalue weighted by atomic mass is 10.0. The highest BCUT2D eigenvalue weighted by atomic mass is 35.5. The van der Waals surface area contributed by atoms with E-state index in [0.29, 0.717) is 48.1 Å². The van der Waals surface area contributed by atoms with Crippen LogP contribution in [0.1, 0.15) is 15.9 Å². The van der Waals surface area contributed by atoms with E-state index in [1.165, 1.54) is 0 Å². The topological polar surface area (TPSA) is 58.6 Å². The fourth-order valence-electron chi connectivity index (χ4n) is 2.48. The van der Waals surface area contributed by atoms with E-state index in [1.54, 1.807) is 53.4 Å². The highest BCUT2D eigenvalue weighted by molar-refractivity contribution is 6.30. The van der Waals surface area contributed by atoms with Crippen molar-refractivity contribution in [3.8, 4) is 0 Å². The average Bonchev–Trinajstić information content (AvgIpc) is 2.63. The fourth-order valence-corrected chi connectivity index (χ4v) is 2.60. The van der Waals surface area contributed by atoms with E-state index in [0.717, 1.165) is 0 Å². The van der Waals surface area contributed by atoms with Crippen molar-refractivity contribution in [3.05, 3.63) is 64.7 Å². The lowest BCUT2D eigenvalue weighted by Gasteiger charge is -2.27. The van der Waals surface area contributed by atoms with Gasteiger partial charge in [0, 0.05) is 34.9 Å². The Kier molecular flexibility index (Phi) is 5.13. The Morgan fingerprint density at radius 1 is 1.00 bits per heavy atom. The predicted octanol–water partition coefficient (Wildman–Crippen LogP) is 3.44. The number of carbonyl (C=O) groups is 2. The van der Waals surface area contributed by atoms with Gasteiger partial charge in [-0.25, -0.2) is 4.79 Å². The van der Waals surface area contributed by atoms with Crippen LogP contribution in [0.15, 0.2) is 48.5 Å². The van der Waals surface area contributed by atoms with Gasteiger partial charge in [0.05, 0.1) is 13.2 Å². The largest absolute Gasteiger partial charge is 0.378 e. The number of nitrogens with zero attached hydrogens (tertiary/aromatic N) is 1. The van der Waals surface area contributed by atoms with Gasteiger partial charge in [0.1, 0.15) is 0 Å². The molecule has 3 rings (SSSR count). The van der Waals surface area contributed by atoms with Gasteiger partial charge < -0.3 is 15.0 Å². The molecule has 1 fully saturated rings. The van der Waals surface area contributed by atoms with Gasteiger partial charge in [0.25, 0.3) is 0 Å². The zero-order valence-electron chi connectivity index (χ0n) is 13.0. The third-order valence-electron chi connectivity index (χ3n) is 3.78. The standard InChI is InChI=1S/C18H17ClN2O3/c19-15-6-4-13(5-7-15)17(22)14-2-1-3-16(12-14)20-18(23)21-8-10-24-11-9-21/h1-7,12H,8-11H2,(H,20,23). The number of ketones is 1. The summed E-state index contributed by atoms with van der Waals surface area (Å²) in [5.41, 5.74) is 1.65. The summed E-state index contributed by atoms with van der Waals surface area (Å²) in [4.78, 5) is 26.4. The molecule has 5 nitrogen and oxygen atoms in total. The van der Waals surface area contributed by atoms with Crippen molar-refractivity contribution >= 4 is 29.1 Å². The fraction of sp³-hybridized carbons (Fsp3) is 0.222. The van der Waals surface area contributed by atoms with E-state index in [1.807, 2.05) is 0 Å². The van der Waals surface area contributed by atoms with E-state index < -0.39 is 0 Å². The highest BCUT2D eigenvalue weighted by Crippen LogP contribution is 2.17. The molecule has 0 aliphatic carbocycles. The maximum Gasteiger partial charge on any atom is 0.321 e. The molecule has 0 unspecified atom stereocenters. The molecule has 1 aliphatic heterocycles. The smallest absolute Gasteiger partial charge is 0.321 e. The Labute approximate surface area is 145 Å². The molecule has 0 atom stereocenters. The number of ether oxygens (including phenoxy) is 1. The summed E-state index contributed by atoms with van der Waals surface area (Å²) >= 11 is 5.85. The number of halogens is 1. The van der Waals surface area contributed by atoms with E-state index in [4.69, 9.17) is 16.3 Å². The van der Waals surface area contributed by atoms with Crippen molar-refractivity contribution in [3.63, 3.8) is 0 Å². The Hall–Kier alpha value is -2.37. The summed E-state index contributed by atoms with van der Waals surface area (Å²) in [7, 11) is 0. The second-order valence-electron chi connectivity index (χ2n) is 5.45. The van der Waals surface area contributed by atoms with Gasteiger partial charge in [-0.1, -0.05) is 23.7 Å².